The minimum absolute atomic E-state index is 1.02. The molecule has 0 spiro atoms. The van der Waals surface area contributed by atoms with Gasteiger partial charge in [-0.25, -0.2) is 0 Å². The van der Waals surface area contributed by atoms with E-state index in [-0.39, 0.29) is 0 Å². The van der Waals surface area contributed by atoms with E-state index in [0.717, 1.165) is 5.75 Å². The van der Waals surface area contributed by atoms with E-state index in [1.165, 1.54) is 5.19 Å². The maximum Gasteiger partial charge on any atom is 0.242 e. The zero-order valence-electron chi connectivity index (χ0n) is 10.7. The molecule has 0 aromatic heterocycles. The van der Waals surface area contributed by atoms with Crippen LogP contribution in [0.25, 0.3) is 0 Å². The van der Waals surface area contributed by atoms with Gasteiger partial charge in [-0.3, -0.25) is 0 Å². The number of hydrogen-bond acceptors (Lipinski definition) is 1. The Morgan fingerprint density at radius 1 is 0.800 bits per heavy atom. The summed E-state index contributed by atoms with van der Waals surface area (Å²) in [4.78, 5) is 0. The van der Waals surface area contributed by atoms with Gasteiger partial charge in [0, 0.05) is 0 Å². The lowest BCUT2D eigenvalue weighted by molar-refractivity contribution is 0.558. The molecule has 15 heavy (non-hydrogen) atoms. The summed E-state index contributed by atoms with van der Waals surface area (Å²) in [6.45, 7) is 13.7. The van der Waals surface area contributed by atoms with Gasteiger partial charge >= 0.3 is 0 Å². The molecule has 0 atom stereocenters. The second-order valence-electron chi connectivity index (χ2n) is 5.99. The lowest BCUT2D eigenvalue weighted by atomic mass is 10.3. The Hall–Kier alpha value is -0.546. The molecule has 0 fully saturated rings. The third kappa shape index (κ3) is 4.22. The molecule has 1 rings (SSSR count). The summed E-state index contributed by atoms with van der Waals surface area (Å²) in [6.07, 6.45) is 0. The van der Waals surface area contributed by atoms with Crippen LogP contribution in [0.5, 0.6) is 5.75 Å². The molecular weight excluding hydrogens is 216 g/mol. The van der Waals surface area contributed by atoms with E-state index in [9.17, 15) is 0 Å². The quantitative estimate of drug-likeness (QED) is 0.733. The summed E-state index contributed by atoms with van der Waals surface area (Å²) < 4.78 is 5.92. The Kier molecular flexibility index (Phi) is 3.46. The first-order valence-electron chi connectivity index (χ1n) is 5.48. The molecule has 0 radical (unpaired) electrons. The molecule has 0 bridgehead atoms. The van der Waals surface area contributed by atoms with Crippen molar-refractivity contribution in [1.82, 2.24) is 0 Å². The predicted molar refractivity (Wildman–Crippen MR) is 73.4 cm³/mol. The Labute approximate surface area is 95.6 Å². The molecular formula is C12H22OSi2. The Morgan fingerprint density at radius 3 is 1.60 bits per heavy atom. The largest absolute Gasteiger partial charge is 0.544 e. The highest BCUT2D eigenvalue weighted by atomic mass is 28.4. The third-order valence-electron chi connectivity index (χ3n) is 2.14. The van der Waals surface area contributed by atoms with Crippen LogP contribution >= 0.6 is 0 Å². The van der Waals surface area contributed by atoms with Crippen molar-refractivity contribution < 1.29 is 4.43 Å². The maximum absolute atomic E-state index is 5.92. The Balaban J connectivity index is 2.82. The molecule has 0 heterocycles. The summed E-state index contributed by atoms with van der Waals surface area (Å²) in [7, 11) is -2.61. The lowest BCUT2D eigenvalue weighted by Crippen LogP contribution is -2.37. The molecule has 1 nitrogen and oxygen atoms in total. The molecule has 1 aromatic rings. The molecule has 0 aliphatic rings. The van der Waals surface area contributed by atoms with Crippen LogP contribution in [-0.2, 0) is 0 Å². The minimum Gasteiger partial charge on any atom is -0.544 e. The first kappa shape index (κ1) is 12.5. The van der Waals surface area contributed by atoms with Gasteiger partial charge in [0.1, 0.15) is 5.75 Å². The Bertz CT molecular complexity index is 317. The molecule has 0 N–H and O–H groups in total. The zero-order valence-corrected chi connectivity index (χ0v) is 12.7. The van der Waals surface area contributed by atoms with E-state index >= 15 is 0 Å². The molecule has 0 saturated heterocycles. The maximum atomic E-state index is 5.92. The van der Waals surface area contributed by atoms with Crippen molar-refractivity contribution in [1.29, 1.82) is 0 Å². The topological polar surface area (TPSA) is 9.23 Å². The van der Waals surface area contributed by atoms with Gasteiger partial charge in [0.05, 0.1) is 8.07 Å². The molecule has 0 unspecified atom stereocenters. The molecule has 0 saturated carbocycles. The molecule has 84 valence electrons. The fourth-order valence-corrected chi connectivity index (χ4v) is 3.39. The summed E-state index contributed by atoms with van der Waals surface area (Å²) in [5.41, 5.74) is 0. The van der Waals surface area contributed by atoms with Crippen molar-refractivity contribution in [3.8, 4) is 5.75 Å². The van der Waals surface area contributed by atoms with Crippen molar-refractivity contribution in [2.24, 2.45) is 0 Å². The van der Waals surface area contributed by atoms with Gasteiger partial charge in [-0.2, -0.15) is 0 Å². The third-order valence-corrected chi connectivity index (χ3v) is 5.06. The van der Waals surface area contributed by atoms with Crippen molar-refractivity contribution in [3.05, 3.63) is 24.3 Å². The average molecular weight is 238 g/mol. The smallest absolute Gasteiger partial charge is 0.242 e. The van der Waals surface area contributed by atoms with E-state index in [1.54, 1.807) is 0 Å². The van der Waals surface area contributed by atoms with Gasteiger partial charge in [0.15, 0.2) is 0 Å². The fraction of sp³-hybridized carbons (Fsp3) is 0.500. The molecule has 0 aliphatic heterocycles. The van der Waals surface area contributed by atoms with Gasteiger partial charge < -0.3 is 4.43 Å². The molecule has 0 amide bonds. The van der Waals surface area contributed by atoms with Crippen LogP contribution in [0.3, 0.4) is 0 Å². The van der Waals surface area contributed by atoms with Crippen molar-refractivity contribution in [2.75, 3.05) is 0 Å². The molecule has 3 heteroatoms. The second-order valence-corrected chi connectivity index (χ2v) is 15.5. The minimum atomic E-state index is -1.45. The standard InChI is InChI=1S/C12H22OSi2/c1-14(2,3)12-9-7-11(8-10-12)13-15(4,5)6/h7-10H,1-6H3. The van der Waals surface area contributed by atoms with Crippen LogP contribution in [0.1, 0.15) is 0 Å². The first-order valence-corrected chi connectivity index (χ1v) is 12.4. The summed E-state index contributed by atoms with van der Waals surface area (Å²) in [6, 6.07) is 8.68. The van der Waals surface area contributed by atoms with E-state index in [0.29, 0.717) is 0 Å². The van der Waals surface area contributed by atoms with Crippen molar-refractivity contribution >= 4 is 21.6 Å². The van der Waals surface area contributed by atoms with Gasteiger partial charge in [0.2, 0.25) is 8.32 Å². The van der Waals surface area contributed by atoms with E-state index in [1.807, 2.05) is 0 Å². The average Bonchev–Trinajstić information content (AvgIpc) is 2.00. The monoisotopic (exact) mass is 238 g/mol. The van der Waals surface area contributed by atoms with Crippen LogP contribution in [0.4, 0.5) is 0 Å². The van der Waals surface area contributed by atoms with Crippen LogP contribution in [0.15, 0.2) is 24.3 Å². The van der Waals surface area contributed by atoms with Crippen LogP contribution < -0.4 is 9.61 Å². The highest BCUT2D eigenvalue weighted by Gasteiger charge is 2.18. The van der Waals surface area contributed by atoms with E-state index in [4.69, 9.17) is 4.43 Å². The molecule has 0 aliphatic carbocycles. The van der Waals surface area contributed by atoms with Crippen LogP contribution in [-0.4, -0.2) is 16.4 Å². The lowest BCUT2D eigenvalue weighted by Gasteiger charge is -2.21. The summed E-state index contributed by atoms with van der Waals surface area (Å²) in [5, 5.41) is 1.49. The van der Waals surface area contributed by atoms with Crippen LogP contribution in [0, 0.1) is 0 Å². The Morgan fingerprint density at radius 2 is 1.27 bits per heavy atom. The van der Waals surface area contributed by atoms with Gasteiger partial charge in [-0.15, -0.1) is 0 Å². The van der Waals surface area contributed by atoms with Gasteiger partial charge in [-0.05, 0) is 31.8 Å². The number of hydrogen-bond donors (Lipinski definition) is 0. The predicted octanol–water partition coefficient (Wildman–Crippen LogP) is 3.45. The fourth-order valence-electron chi connectivity index (χ4n) is 1.38. The van der Waals surface area contributed by atoms with Crippen molar-refractivity contribution in [2.45, 2.75) is 39.3 Å². The van der Waals surface area contributed by atoms with Crippen molar-refractivity contribution in [3.63, 3.8) is 0 Å². The zero-order chi connectivity index (χ0) is 11.7. The highest BCUT2D eigenvalue weighted by Crippen LogP contribution is 2.15. The van der Waals surface area contributed by atoms with Crippen LogP contribution in [0.2, 0.25) is 39.3 Å². The summed E-state index contributed by atoms with van der Waals surface area (Å²) in [5.74, 6) is 1.02. The second kappa shape index (κ2) is 4.14. The normalized spacial score (nSPS) is 12.7. The van der Waals surface area contributed by atoms with Gasteiger partial charge in [0.25, 0.3) is 0 Å². The van der Waals surface area contributed by atoms with E-state index < -0.39 is 16.4 Å². The SMILES string of the molecule is C[Si](C)(C)Oc1ccc([Si](C)(C)C)cc1. The molecule has 1 aromatic carbocycles. The van der Waals surface area contributed by atoms with E-state index in [2.05, 4.69) is 63.5 Å². The number of rotatable bonds is 3. The number of benzene rings is 1. The summed E-state index contributed by atoms with van der Waals surface area (Å²) >= 11 is 0. The first-order chi connectivity index (χ1) is 6.68. The van der Waals surface area contributed by atoms with Gasteiger partial charge in [-0.1, -0.05) is 37.0 Å². The highest BCUT2D eigenvalue weighted by molar-refractivity contribution is 6.88.